The van der Waals surface area contributed by atoms with Crippen molar-refractivity contribution in [1.82, 2.24) is 24.6 Å². The Balaban J connectivity index is 1.53. The van der Waals surface area contributed by atoms with Crippen molar-refractivity contribution in [1.29, 1.82) is 0 Å². The number of nitrogens with zero attached hydrogens (tertiary/aromatic N) is 5. The molecule has 0 saturated carbocycles. The molecule has 0 aromatic carbocycles. The van der Waals surface area contributed by atoms with E-state index in [0.717, 1.165) is 47.5 Å². The number of rotatable bonds is 4. The number of H-pyrrole nitrogens is 1. The van der Waals surface area contributed by atoms with Crippen molar-refractivity contribution >= 4 is 22.8 Å². The minimum absolute atomic E-state index is 0.211. The number of aryl methyl sites for hydroxylation is 1. The van der Waals surface area contributed by atoms with Crippen molar-refractivity contribution in [2.45, 2.75) is 13.3 Å². The van der Waals surface area contributed by atoms with Gasteiger partial charge < -0.3 is 19.5 Å². The predicted molar refractivity (Wildman–Crippen MR) is 104 cm³/mol. The fourth-order valence-corrected chi connectivity index (χ4v) is 3.42. The Labute approximate surface area is 157 Å². The van der Waals surface area contributed by atoms with Crippen LogP contribution in [0.15, 0.2) is 30.7 Å². The Hall–Kier alpha value is -3.03. The molecule has 0 atom stereocenters. The topological polar surface area (TPSA) is 79.3 Å². The molecule has 4 heterocycles. The van der Waals surface area contributed by atoms with Crippen LogP contribution in [0.1, 0.15) is 13.3 Å². The minimum atomic E-state index is -0.211. The Bertz CT molecular complexity index is 939. The molecule has 3 aromatic rings. The fourth-order valence-electron chi connectivity index (χ4n) is 3.42. The Kier molecular flexibility index (Phi) is 4.70. The van der Waals surface area contributed by atoms with E-state index in [4.69, 9.17) is 4.74 Å². The zero-order chi connectivity index (χ0) is 18.8. The first-order valence-electron chi connectivity index (χ1n) is 9.29. The van der Waals surface area contributed by atoms with E-state index < -0.39 is 0 Å². The first-order valence-corrected chi connectivity index (χ1v) is 9.29. The fraction of sp³-hybridized carbons (Fsp3) is 0.421. The van der Waals surface area contributed by atoms with E-state index >= 15 is 0 Å². The maximum atomic E-state index is 12.0. The molecule has 3 aromatic heterocycles. The van der Waals surface area contributed by atoms with Gasteiger partial charge in [0.15, 0.2) is 0 Å². The summed E-state index contributed by atoms with van der Waals surface area (Å²) >= 11 is 0. The second-order valence-corrected chi connectivity index (χ2v) is 6.77. The molecule has 0 bridgehead atoms. The smallest absolute Gasteiger partial charge is 0.409 e. The molecule has 4 rings (SSSR count). The number of fused-ring (bicyclic) bond motifs is 1. The van der Waals surface area contributed by atoms with Crippen LogP contribution in [0.3, 0.4) is 0 Å². The van der Waals surface area contributed by atoms with E-state index in [0.29, 0.717) is 19.7 Å². The number of anilines is 1. The second-order valence-electron chi connectivity index (χ2n) is 6.77. The summed E-state index contributed by atoms with van der Waals surface area (Å²) in [5.41, 5.74) is 4.02. The summed E-state index contributed by atoms with van der Waals surface area (Å²) < 4.78 is 7.03. The molecule has 8 nitrogen and oxygen atoms in total. The second kappa shape index (κ2) is 7.30. The summed E-state index contributed by atoms with van der Waals surface area (Å²) in [6.07, 6.45) is 6.27. The van der Waals surface area contributed by atoms with Crippen LogP contribution in [-0.2, 0) is 11.8 Å². The number of carbonyl (C=O) groups is 1. The van der Waals surface area contributed by atoms with Gasteiger partial charge in [-0.15, -0.1) is 0 Å². The molecule has 1 N–H and O–H groups in total. The van der Waals surface area contributed by atoms with Crippen LogP contribution in [0.2, 0.25) is 0 Å². The lowest BCUT2D eigenvalue weighted by Gasteiger charge is -2.35. The van der Waals surface area contributed by atoms with Crippen molar-refractivity contribution < 1.29 is 9.53 Å². The van der Waals surface area contributed by atoms with Gasteiger partial charge in [0.25, 0.3) is 0 Å². The van der Waals surface area contributed by atoms with E-state index in [1.807, 2.05) is 38.6 Å². The number of amides is 1. The van der Waals surface area contributed by atoms with Crippen LogP contribution in [0.4, 0.5) is 10.5 Å². The van der Waals surface area contributed by atoms with Crippen molar-refractivity contribution in [3.8, 4) is 11.3 Å². The normalized spacial score (nSPS) is 14.7. The zero-order valence-electron chi connectivity index (χ0n) is 15.7. The third-order valence-electron chi connectivity index (χ3n) is 4.83. The Morgan fingerprint density at radius 3 is 2.81 bits per heavy atom. The van der Waals surface area contributed by atoms with E-state index in [1.54, 1.807) is 9.58 Å². The third-order valence-corrected chi connectivity index (χ3v) is 4.83. The molecule has 1 aliphatic heterocycles. The molecule has 0 unspecified atom stereocenters. The molecule has 0 radical (unpaired) electrons. The van der Waals surface area contributed by atoms with Crippen molar-refractivity contribution in [3.05, 3.63) is 30.7 Å². The van der Waals surface area contributed by atoms with E-state index in [9.17, 15) is 4.79 Å². The van der Waals surface area contributed by atoms with Gasteiger partial charge in [-0.3, -0.25) is 4.68 Å². The highest BCUT2D eigenvalue weighted by atomic mass is 16.6. The van der Waals surface area contributed by atoms with Crippen molar-refractivity contribution in [2.24, 2.45) is 7.05 Å². The highest BCUT2D eigenvalue weighted by Crippen LogP contribution is 2.30. The van der Waals surface area contributed by atoms with Crippen LogP contribution < -0.4 is 4.90 Å². The van der Waals surface area contributed by atoms with Crippen molar-refractivity contribution in [3.63, 3.8) is 0 Å². The number of piperazine rings is 1. The highest BCUT2D eigenvalue weighted by molar-refractivity contribution is 5.93. The van der Waals surface area contributed by atoms with Crippen LogP contribution in [-0.4, -0.2) is 63.5 Å². The van der Waals surface area contributed by atoms with Crippen molar-refractivity contribution in [2.75, 3.05) is 37.7 Å². The molecular weight excluding hydrogens is 344 g/mol. The summed E-state index contributed by atoms with van der Waals surface area (Å²) in [4.78, 5) is 24.0. The average molecular weight is 368 g/mol. The summed E-state index contributed by atoms with van der Waals surface area (Å²) in [5.74, 6) is 0. The lowest BCUT2D eigenvalue weighted by atomic mass is 10.2. The Morgan fingerprint density at radius 1 is 1.30 bits per heavy atom. The molecule has 8 heteroatoms. The molecule has 0 spiro atoms. The van der Waals surface area contributed by atoms with Gasteiger partial charge >= 0.3 is 6.09 Å². The number of ether oxygens (including phenoxy) is 1. The number of carbonyl (C=O) groups excluding carboxylic acids is 1. The van der Waals surface area contributed by atoms with Crippen LogP contribution >= 0.6 is 0 Å². The van der Waals surface area contributed by atoms with E-state index in [1.165, 1.54) is 0 Å². The number of nitrogens with one attached hydrogen (secondary N) is 1. The quantitative estimate of drug-likeness (QED) is 0.766. The van der Waals surface area contributed by atoms with E-state index in [-0.39, 0.29) is 6.09 Å². The third kappa shape index (κ3) is 3.47. The zero-order valence-corrected chi connectivity index (χ0v) is 15.7. The van der Waals surface area contributed by atoms with Gasteiger partial charge in [-0.2, -0.15) is 5.10 Å². The van der Waals surface area contributed by atoms with Gasteiger partial charge in [-0.25, -0.2) is 9.78 Å². The summed E-state index contributed by atoms with van der Waals surface area (Å²) in [5, 5.41) is 5.32. The van der Waals surface area contributed by atoms with Gasteiger partial charge in [0.2, 0.25) is 0 Å². The van der Waals surface area contributed by atoms with Crippen LogP contribution in [0.5, 0.6) is 0 Å². The molecule has 1 fully saturated rings. The summed E-state index contributed by atoms with van der Waals surface area (Å²) in [7, 11) is 1.90. The molecule has 1 amide bonds. The molecule has 27 heavy (non-hydrogen) atoms. The number of aromatic amines is 1. The SMILES string of the molecule is CCCOC(=O)N1CCN(c2ccnc3[nH]c(-c4cnn(C)c4)cc23)CC1. The Morgan fingerprint density at radius 2 is 2.11 bits per heavy atom. The molecule has 1 aliphatic rings. The first kappa shape index (κ1) is 17.4. The van der Waals surface area contributed by atoms with Gasteiger partial charge in [0, 0.05) is 62.3 Å². The summed E-state index contributed by atoms with van der Waals surface area (Å²) in [6.45, 7) is 5.33. The molecule has 1 saturated heterocycles. The first-order chi connectivity index (χ1) is 13.2. The standard InChI is InChI=1S/C19H24N6O2/c1-3-10-27-19(26)25-8-6-24(7-9-25)17-4-5-20-18-15(17)11-16(22-18)14-12-21-23(2)13-14/h4-5,11-13H,3,6-10H2,1-2H3,(H,20,22). The lowest BCUT2D eigenvalue weighted by molar-refractivity contribution is 0.100. The highest BCUT2D eigenvalue weighted by Gasteiger charge is 2.23. The van der Waals surface area contributed by atoms with E-state index in [2.05, 4.69) is 26.0 Å². The van der Waals surface area contributed by atoms with Gasteiger partial charge in [0.1, 0.15) is 5.65 Å². The monoisotopic (exact) mass is 368 g/mol. The maximum Gasteiger partial charge on any atom is 0.409 e. The molecule has 0 aliphatic carbocycles. The minimum Gasteiger partial charge on any atom is -0.449 e. The molecule has 142 valence electrons. The maximum absolute atomic E-state index is 12.0. The van der Waals surface area contributed by atoms with Gasteiger partial charge in [0.05, 0.1) is 18.5 Å². The lowest BCUT2D eigenvalue weighted by Crippen LogP contribution is -2.49. The summed E-state index contributed by atoms with van der Waals surface area (Å²) in [6, 6.07) is 4.16. The van der Waals surface area contributed by atoms with Gasteiger partial charge in [-0.1, -0.05) is 6.92 Å². The van der Waals surface area contributed by atoms with Gasteiger partial charge in [-0.05, 0) is 18.6 Å². The number of hydrogen-bond donors (Lipinski definition) is 1. The number of aromatic nitrogens is 4. The molecular formula is C19H24N6O2. The average Bonchev–Trinajstić information content (AvgIpc) is 3.32. The predicted octanol–water partition coefficient (Wildman–Crippen LogP) is 2.63. The largest absolute Gasteiger partial charge is 0.449 e. The number of hydrogen-bond acceptors (Lipinski definition) is 5. The van der Waals surface area contributed by atoms with Crippen LogP contribution in [0.25, 0.3) is 22.3 Å². The number of pyridine rings is 1. The van der Waals surface area contributed by atoms with Crippen LogP contribution in [0, 0.1) is 0 Å².